The van der Waals surface area contributed by atoms with Crippen molar-refractivity contribution in [1.82, 2.24) is 0 Å². The highest BCUT2D eigenvalue weighted by Gasteiger charge is 2.22. The van der Waals surface area contributed by atoms with E-state index in [1.807, 2.05) is 0 Å². The molecular formula is C19H32. The Morgan fingerprint density at radius 2 is 1.26 bits per heavy atom. The maximum absolute atomic E-state index is 2.33. The van der Waals surface area contributed by atoms with Gasteiger partial charge in [-0.25, -0.2) is 0 Å². The van der Waals surface area contributed by atoms with Gasteiger partial charge in [-0.1, -0.05) is 65.8 Å². The molecule has 0 nitrogen and oxygen atoms in total. The maximum atomic E-state index is 2.33. The van der Waals surface area contributed by atoms with Crippen molar-refractivity contribution in [3.8, 4) is 0 Å². The largest absolute Gasteiger partial charge is 0.0628 e. The average Bonchev–Trinajstić information content (AvgIpc) is 2.71. The summed E-state index contributed by atoms with van der Waals surface area (Å²) in [7, 11) is 0. The molecule has 19 heavy (non-hydrogen) atoms. The molecule has 0 radical (unpaired) electrons. The minimum absolute atomic E-state index is 0.831. The van der Waals surface area contributed by atoms with Crippen LogP contribution in [0.15, 0.2) is 24.3 Å². The Morgan fingerprint density at radius 1 is 0.842 bits per heavy atom. The van der Waals surface area contributed by atoms with Gasteiger partial charge in [-0.15, -0.1) is 0 Å². The first-order valence-electron chi connectivity index (χ1n) is 7.96. The summed E-state index contributed by atoms with van der Waals surface area (Å²) in [4.78, 5) is 0. The van der Waals surface area contributed by atoms with Gasteiger partial charge in [-0.3, -0.25) is 0 Å². The number of benzene rings is 1. The summed E-state index contributed by atoms with van der Waals surface area (Å²) in [5, 5.41) is 0. The summed E-state index contributed by atoms with van der Waals surface area (Å²) < 4.78 is 0. The molecule has 108 valence electrons. The van der Waals surface area contributed by atoms with Gasteiger partial charge in [0, 0.05) is 0 Å². The van der Waals surface area contributed by atoms with Gasteiger partial charge in [0.2, 0.25) is 0 Å². The Labute approximate surface area is 120 Å². The SMILES string of the molecule is CC(C)C1Cc2ccccc2C1.CC(C)CC(C)C. The highest BCUT2D eigenvalue weighted by atomic mass is 14.3. The molecule has 0 aromatic heterocycles. The fraction of sp³-hybridized carbons (Fsp3) is 0.684. The van der Waals surface area contributed by atoms with Crippen LogP contribution in [-0.2, 0) is 12.8 Å². The third-order valence-electron chi connectivity index (χ3n) is 3.97. The zero-order valence-corrected chi connectivity index (χ0v) is 13.7. The van der Waals surface area contributed by atoms with Crippen LogP contribution in [-0.4, -0.2) is 0 Å². The standard InChI is InChI=1S/C12H16.C7H16/c1-9(2)12-7-10-5-3-4-6-11(10)8-12;1-6(2)5-7(3)4/h3-6,9,12H,7-8H2,1-2H3;6-7H,5H2,1-4H3. The molecule has 0 atom stereocenters. The van der Waals surface area contributed by atoms with Crippen LogP contribution in [0.2, 0.25) is 0 Å². The number of fused-ring (bicyclic) bond motifs is 1. The van der Waals surface area contributed by atoms with Crippen molar-refractivity contribution >= 4 is 0 Å². The fourth-order valence-electron chi connectivity index (χ4n) is 3.01. The Kier molecular flexibility index (Phi) is 6.62. The molecule has 0 saturated carbocycles. The van der Waals surface area contributed by atoms with E-state index in [1.165, 1.54) is 19.3 Å². The number of hydrogen-bond donors (Lipinski definition) is 0. The molecular weight excluding hydrogens is 228 g/mol. The van der Waals surface area contributed by atoms with Gasteiger partial charge in [-0.05, 0) is 54.1 Å². The van der Waals surface area contributed by atoms with Crippen LogP contribution in [0.25, 0.3) is 0 Å². The van der Waals surface area contributed by atoms with Crippen molar-refractivity contribution in [2.45, 2.75) is 60.8 Å². The summed E-state index contributed by atoms with van der Waals surface area (Å²) in [6, 6.07) is 8.86. The summed E-state index contributed by atoms with van der Waals surface area (Å²) >= 11 is 0. The number of rotatable bonds is 3. The predicted octanol–water partition coefficient (Wildman–Crippen LogP) is 5.75. The second-order valence-electron chi connectivity index (χ2n) is 7.20. The van der Waals surface area contributed by atoms with Gasteiger partial charge in [0.1, 0.15) is 0 Å². The molecule has 0 spiro atoms. The Hall–Kier alpha value is -0.780. The topological polar surface area (TPSA) is 0 Å². The van der Waals surface area contributed by atoms with E-state index in [0.29, 0.717) is 0 Å². The van der Waals surface area contributed by atoms with E-state index in [0.717, 1.165) is 23.7 Å². The summed E-state index contributed by atoms with van der Waals surface area (Å²) in [6.45, 7) is 13.7. The smallest absolute Gasteiger partial charge is 0.0242 e. The van der Waals surface area contributed by atoms with Crippen LogP contribution in [0.3, 0.4) is 0 Å². The molecule has 2 rings (SSSR count). The van der Waals surface area contributed by atoms with Crippen LogP contribution in [0.1, 0.15) is 59.1 Å². The van der Waals surface area contributed by atoms with Gasteiger partial charge in [-0.2, -0.15) is 0 Å². The first-order valence-corrected chi connectivity index (χ1v) is 7.96. The van der Waals surface area contributed by atoms with E-state index in [1.54, 1.807) is 11.1 Å². The van der Waals surface area contributed by atoms with E-state index in [2.05, 4.69) is 65.8 Å². The zero-order valence-electron chi connectivity index (χ0n) is 13.7. The van der Waals surface area contributed by atoms with Crippen molar-refractivity contribution in [2.24, 2.45) is 23.7 Å². The second-order valence-corrected chi connectivity index (χ2v) is 7.20. The van der Waals surface area contributed by atoms with E-state index in [9.17, 15) is 0 Å². The third kappa shape index (κ3) is 5.80. The van der Waals surface area contributed by atoms with Crippen LogP contribution in [0.4, 0.5) is 0 Å². The molecule has 0 heteroatoms. The van der Waals surface area contributed by atoms with Crippen LogP contribution < -0.4 is 0 Å². The number of hydrogen-bond acceptors (Lipinski definition) is 0. The first-order chi connectivity index (χ1) is 8.90. The van der Waals surface area contributed by atoms with Crippen molar-refractivity contribution < 1.29 is 0 Å². The summed E-state index contributed by atoms with van der Waals surface area (Å²) in [5.41, 5.74) is 3.16. The molecule has 1 aromatic carbocycles. The molecule has 1 aliphatic rings. The Morgan fingerprint density at radius 3 is 1.53 bits per heavy atom. The molecule has 1 aliphatic carbocycles. The monoisotopic (exact) mass is 260 g/mol. The quantitative estimate of drug-likeness (QED) is 0.649. The summed E-state index contributed by atoms with van der Waals surface area (Å²) in [5.74, 6) is 3.47. The molecule has 1 aromatic rings. The van der Waals surface area contributed by atoms with E-state index in [-0.39, 0.29) is 0 Å². The lowest BCUT2D eigenvalue weighted by molar-refractivity contribution is 0.404. The van der Waals surface area contributed by atoms with E-state index in [4.69, 9.17) is 0 Å². The Balaban J connectivity index is 0.000000224. The minimum Gasteiger partial charge on any atom is -0.0628 e. The van der Waals surface area contributed by atoms with E-state index < -0.39 is 0 Å². The lowest BCUT2D eigenvalue weighted by Crippen LogP contribution is -2.07. The molecule has 0 fully saturated rings. The van der Waals surface area contributed by atoms with Gasteiger partial charge in [0.05, 0.1) is 0 Å². The zero-order chi connectivity index (χ0) is 14.4. The molecule has 0 saturated heterocycles. The molecule has 0 heterocycles. The third-order valence-corrected chi connectivity index (χ3v) is 3.97. The predicted molar refractivity (Wildman–Crippen MR) is 86.5 cm³/mol. The second kappa shape index (κ2) is 7.72. The van der Waals surface area contributed by atoms with Gasteiger partial charge >= 0.3 is 0 Å². The van der Waals surface area contributed by atoms with Gasteiger partial charge in [0.25, 0.3) is 0 Å². The first kappa shape index (κ1) is 16.3. The molecule has 0 unspecified atom stereocenters. The lowest BCUT2D eigenvalue weighted by atomic mass is 9.93. The van der Waals surface area contributed by atoms with Gasteiger partial charge in [0.15, 0.2) is 0 Å². The highest BCUT2D eigenvalue weighted by Crippen LogP contribution is 2.30. The maximum Gasteiger partial charge on any atom is -0.0242 e. The van der Waals surface area contributed by atoms with Crippen molar-refractivity contribution in [3.05, 3.63) is 35.4 Å². The molecule has 0 amide bonds. The van der Waals surface area contributed by atoms with Crippen LogP contribution in [0, 0.1) is 23.7 Å². The average molecular weight is 260 g/mol. The van der Waals surface area contributed by atoms with Crippen molar-refractivity contribution in [3.63, 3.8) is 0 Å². The molecule has 0 bridgehead atoms. The Bertz CT molecular complexity index is 329. The summed E-state index contributed by atoms with van der Waals surface area (Å²) in [6.07, 6.45) is 3.96. The van der Waals surface area contributed by atoms with Crippen LogP contribution in [0.5, 0.6) is 0 Å². The molecule has 0 aliphatic heterocycles. The van der Waals surface area contributed by atoms with Crippen molar-refractivity contribution in [2.75, 3.05) is 0 Å². The lowest BCUT2D eigenvalue weighted by Gasteiger charge is -2.12. The highest BCUT2D eigenvalue weighted by molar-refractivity contribution is 5.32. The minimum atomic E-state index is 0.831. The van der Waals surface area contributed by atoms with Crippen molar-refractivity contribution in [1.29, 1.82) is 0 Å². The van der Waals surface area contributed by atoms with E-state index >= 15 is 0 Å². The van der Waals surface area contributed by atoms with Crippen LogP contribution >= 0.6 is 0 Å². The fourth-order valence-corrected chi connectivity index (χ4v) is 3.01. The molecule has 0 N–H and O–H groups in total. The normalized spacial score (nSPS) is 14.8. The van der Waals surface area contributed by atoms with Gasteiger partial charge < -0.3 is 0 Å².